The Kier molecular flexibility index (Phi) is 3.73. The first kappa shape index (κ1) is 13.1. The Labute approximate surface area is 115 Å². The predicted molar refractivity (Wildman–Crippen MR) is 75.2 cm³/mol. The van der Waals surface area contributed by atoms with Crippen LogP contribution in [0, 0.1) is 0 Å². The first-order valence-corrected chi connectivity index (χ1v) is 6.56. The van der Waals surface area contributed by atoms with E-state index in [0.717, 1.165) is 15.7 Å². The Balaban J connectivity index is 2.42. The lowest BCUT2D eigenvalue weighted by atomic mass is 10.1. The molecular formula is C13H16BrN3O. The van der Waals surface area contributed by atoms with Crippen molar-refractivity contribution in [3.05, 3.63) is 46.2 Å². The highest BCUT2D eigenvalue weighted by molar-refractivity contribution is 9.10. The summed E-state index contributed by atoms with van der Waals surface area (Å²) in [5.41, 5.74) is 7.89. The maximum Gasteiger partial charge on any atom is 0.122 e. The second kappa shape index (κ2) is 5.12. The van der Waals surface area contributed by atoms with Crippen LogP contribution >= 0.6 is 15.9 Å². The van der Waals surface area contributed by atoms with Crippen LogP contribution < -0.4 is 5.73 Å². The summed E-state index contributed by atoms with van der Waals surface area (Å²) >= 11 is 3.43. The molecule has 3 N–H and O–H groups in total. The third kappa shape index (κ3) is 2.42. The van der Waals surface area contributed by atoms with Crippen LogP contribution in [0.15, 0.2) is 34.9 Å². The van der Waals surface area contributed by atoms with Crippen molar-refractivity contribution < 1.29 is 5.11 Å². The quantitative estimate of drug-likeness (QED) is 0.857. The summed E-state index contributed by atoms with van der Waals surface area (Å²) in [5, 5.41) is 14.7. The van der Waals surface area contributed by atoms with Crippen LogP contribution in [0.5, 0.6) is 0 Å². The Morgan fingerprint density at radius 2 is 1.89 bits per heavy atom. The highest BCUT2D eigenvalue weighted by atomic mass is 79.9. The van der Waals surface area contributed by atoms with Gasteiger partial charge in [-0.25, -0.2) is 0 Å². The van der Waals surface area contributed by atoms with Gasteiger partial charge in [-0.15, -0.1) is 0 Å². The predicted octanol–water partition coefficient (Wildman–Crippen LogP) is 2.89. The Morgan fingerprint density at radius 1 is 1.28 bits per heavy atom. The van der Waals surface area contributed by atoms with Crippen LogP contribution in [-0.2, 0) is 0 Å². The van der Waals surface area contributed by atoms with Crippen LogP contribution in [0.1, 0.15) is 37.3 Å². The molecule has 0 fully saturated rings. The van der Waals surface area contributed by atoms with Crippen LogP contribution in [-0.4, -0.2) is 14.9 Å². The van der Waals surface area contributed by atoms with E-state index in [1.807, 2.05) is 30.7 Å². The summed E-state index contributed by atoms with van der Waals surface area (Å²) in [7, 11) is 0. The van der Waals surface area contributed by atoms with Crippen molar-refractivity contribution in [2.75, 3.05) is 5.73 Å². The molecule has 0 radical (unpaired) electrons. The van der Waals surface area contributed by atoms with E-state index in [-0.39, 0.29) is 6.04 Å². The van der Waals surface area contributed by atoms with Gasteiger partial charge in [0, 0.05) is 11.7 Å². The summed E-state index contributed by atoms with van der Waals surface area (Å²) in [5.74, 6) is 0. The molecule has 1 aromatic carbocycles. The molecule has 1 atom stereocenters. The fraction of sp³-hybridized carbons (Fsp3) is 0.308. The molecule has 2 aromatic rings. The van der Waals surface area contributed by atoms with E-state index >= 15 is 0 Å². The molecule has 2 rings (SSSR count). The normalized spacial score (nSPS) is 12.9. The molecule has 0 aliphatic rings. The second-order valence-electron chi connectivity index (χ2n) is 4.49. The molecule has 0 aliphatic carbocycles. The summed E-state index contributed by atoms with van der Waals surface area (Å²) < 4.78 is 2.62. The van der Waals surface area contributed by atoms with Crippen LogP contribution in [0.4, 0.5) is 5.69 Å². The van der Waals surface area contributed by atoms with Crippen LogP contribution in [0.3, 0.4) is 0 Å². The molecule has 0 saturated heterocycles. The Bertz CT molecular complexity index is 534. The number of nitrogens with two attached hydrogens (primary N) is 1. The molecule has 1 aromatic heterocycles. The number of nitrogen functional groups attached to an aromatic ring is 1. The number of hydrogen-bond acceptors (Lipinski definition) is 3. The lowest BCUT2D eigenvalue weighted by Gasteiger charge is -2.17. The molecule has 0 bridgehead atoms. The number of aliphatic hydroxyl groups is 1. The maximum absolute atomic E-state index is 10.5. The molecule has 0 spiro atoms. The number of aliphatic hydroxyl groups excluding tert-OH is 1. The monoisotopic (exact) mass is 309 g/mol. The Morgan fingerprint density at radius 3 is 2.44 bits per heavy atom. The van der Waals surface area contributed by atoms with Crippen LogP contribution in [0.25, 0.3) is 0 Å². The number of halogens is 1. The molecule has 0 amide bonds. The van der Waals surface area contributed by atoms with Crippen molar-refractivity contribution in [2.45, 2.75) is 26.0 Å². The van der Waals surface area contributed by atoms with E-state index in [0.29, 0.717) is 5.69 Å². The number of anilines is 1. The van der Waals surface area contributed by atoms with Crippen molar-refractivity contribution >= 4 is 21.6 Å². The molecular weight excluding hydrogens is 294 g/mol. The summed E-state index contributed by atoms with van der Waals surface area (Å²) in [4.78, 5) is 0. The van der Waals surface area contributed by atoms with E-state index in [4.69, 9.17) is 5.73 Å². The third-order valence-electron chi connectivity index (χ3n) is 2.79. The zero-order valence-corrected chi connectivity index (χ0v) is 11.9. The number of rotatable bonds is 3. The minimum atomic E-state index is -0.718. The minimum absolute atomic E-state index is 0.190. The van der Waals surface area contributed by atoms with Crippen molar-refractivity contribution in [1.29, 1.82) is 0 Å². The van der Waals surface area contributed by atoms with Crippen molar-refractivity contribution in [1.82, 2.24) is 9.78 Å². The highest BCUT2D eigenvalue weighted by Gasteiger charge is 2.20. The van der Waals surface area contributed by atoms with Crippen molar-refractivity contribution in [3.63, 3.8) is 0 Å². The van der Waals surface area contributed by atoms with Gasteiger partial charge < -0.3 is 10.8 Å². The summed E-state index contributed by atoms with van der Waals surface area (Å²) in [6.45, 7) is 4.05. The van der Waals surface area contributed by atoms with Gasteiger partial charge in [0.25, 0.3) is 0 Å². The zero-order valence-electron chi connectivity index (χ0n) is 10.3. The van der Waals surface area contributed by atoms with E-state index < -0.39 is 6.10 Å². The Hall–Kier alpha value is -1.33. The van der Waals surface area contributed by atoms with E-state index in [1.165, 1.54) is 0 Å². The van der Waals surface area contributed by atoms with Gasteiger partial charge in [0.05, 0.1) is 16.4 Å². The molecule has 96 valence electrons. The fourth-order valence-corrected chi connectivity index (χ4v) is 2.34. The SMILES string of the molecule is CC(C)n1ncc(Br)c1C(O)c1ccc(N)cc1. The average molecular weight is 310 g/mol. The number of aromatic nitrogens is 2. The second-order valence-corrected chi connectivity index (χ2v) is 5.34. The number of nitrogens with zero attached hydrogens (tertiary/aromatic N) is 2. The van der Waals surface area contributed by atoms with Gasteiger partial charge in [0.15, 0.2) is 0 Å². The average Bonchev–Trinajstić information content (AvgIpc) is 2.71. The first-order chi connectivity index (χ1) is 8.50. The van der Waals surface area contributed by atoms with E-state index in [9.17, 15) is 5.11 Å². The smallest absolute Gasteiger partial charge is 0.122 e. The molecule has 18 heavy (non-hydrogen) atoms. The molecule has 0 aliphatic heterocycles. The molecule has 1 heterocycles. The number of benzene rings is 1. The molecule has 1 unspecified atom stereocenters. The van der Waals surface area contributed by atoms with Gasteiger partial charge in [-0.05, 0) is 47.5 Å². The van der Waals surface area contributed by atoms with Gasteiger partial charge in [-0.1, -0.05) is 12.1 Å². The molecule has 4 nitrogen and oxygen atoms in total. The summed E-state index contributed by atoms with van der Waals surface area (Å²) in [6.07, 6.45) is 0.987. The first-order valence-electron chi connectivity index (χ1n) is 5.77. The van der Waals surface area contributed by atoms with Crippen LogP contribution in [0.2, 0.25) is 0 Å². The van der Waals surface area contributed by atoms with E-state index in [2.05, 4.69) is 21.0 Å². The van der Waals surface area contributed by atoms with Gasteiger partial charge in [0.2, 0.25) is 0 Å². The highest BCUT2D eigenvalue weighted by Crippen LogP contribution is 2.30. The zero-order chi connectivity index (χ0) is 13.3. The minimum Gasteiger partial charge on any atom is -0.399 e. The standard InChI is InChI=1S/C13H16BrN3O/c1-8(2)17-12(11(14)7-16-17)13(18)9-3-5-10(15)6-4-9/h3-8,13,18H,15H2,1-2H3. The van der Waals surface area contributed by atoms with Gasteiger partial charge in [-0.3, -0.25) is 4.68 Å². The number of hydrogen-bond donors (Lipinski definition) is 2. The molecule has 0 saturated carbocycles. The summed E-state index contributed by atoms with van der Waals surface area (Å²) in [6, 6.07) is 7.40. The largest absolute Gasteiger partial charge is 0.399 e. The third-order valence-corrected chi connectivity index (χ3v) is 3.40. The fourth-order valence-electron chi connectivity index (χ4n) is 1.85. The lowest BCUT2D eigenvalue weighted by Crippen LogP contribution is -2.12. The maximum atomic E-state index is 10.5. The van der Waals surface area contributed by atoms with E-state index in [1.54, 1.807) is 18.3 Å². The van der Waals surface area contributed by atoms with Gasteiger partial charge in [0.1, 0.15) is 6.10 Å². The molecule has 5 heteroatoms. The van der Waals surface area contributed by atoms with Crippen molar-refractivity contribution in [3.8, 4) is 0 Å². The lowest BCUT2D eigenvalue weighted by molar-refractivity contribution is 0.204. The van der Waals surface area contributed by atoms with Crippen molar-refractivity contribution in [2.24, 2.45) is 0 Å². The topological polar surface area (TPSA) is 64.1 Å². The van der Waals surface area contributed by atoms with Gasteiger partial charge in [-0.2, -0.15) is 5.10 Å². The van der Waals surface area contributed by atoms with Gasteiger partial charge >= 0.3 is 0 Å².